The van der Waals surface area contributed by atoms with Crippen molar-refractivity contribution in [3.8, 4) is 5.75 Å². The minimum Gasteiger partial charge on any atom is -0.486 e. The zero-order valence-electron chi connectivity index (χ0n) is 11.3. The van der Waals surface area contributed by atoms with Crippen molar-refractivity contribution >= 4 is 17.4 Å². The molecular weight excluding hydrogens is 291 g/mol. The molecule has 0 radical (unpaired) electrons. The summed E-state index contributed by atoms with van der Waals surface area (Å²) in [4.78, 5) is 4.26. The van der Waals surface area contributed by atoms with Crippen LogP contribution >= 0.6 is 11.6 Å². The first kappa shape index (κ1) is 13.9. The van der Waals surface area contributed by atoms with Gasteiger partial charge in [0.25, 0.3) is 0 Å². The summed E-state index contributed by atoms with van der Waals surface area (Å²) in [6.07, 6.45) is 0. The third-order valence-corrected chi connectivity index (χ3v) is 3.44. The van der Waals surface area contributed by atoms with Crippen molar-refractivity contribution in [3.05, 3.63) is 64.4 Å². The smallest absolute Gasteiger partial charge is 0.165 e. The van der Waals surface area contributed by atoms with Gasteiger partial charge in [-0.25, -0.2) is 4.39 Å². The zero-order valence-corrected chi connectivity index (χ0v) is 12.0. The molecule has 3 nitrogen and oxygen atoms in total. The fraction of sp³-hybridized carbons (Fsp3) is 0.188. The molecular formula is C16H14ClFN2O. The average molecular weight is 305 g/mol. The molecule has 108 valence electrons. The van der Waals surface area contributed by atoms with E-state index in [-0.39, 0.29) is 5.75 Å². The van der Waals surface area contributed by atoms with Crippen LogP contribution in [0.25, 0.3) is 0 Å². The standard InChI is InChI=1S/C16H14ClFN2O/c17-13-4-1-11(2-5-13)10-21-15-6-3-12(9-14(15)18)16-19-7-8-20-16/h1-6,9H,7-8,10H2,(H,19,20). The lowest BCUT2D eigenvalue weighted by atomic mass is 10.2. The Morgan fingerprint density at radius 1 is 1.19 bits per heavy atom. The van der Waals surface area contributed by atoms with Crippen molar-refractivity contribution in [3.63, 3.8) is 0 Å². The highest BCUT2D eigenvalue weighted by atomic mass is 35.5. The number of rotatable bonds is 4. The van der Waals surface area contributed by atoms with Gasteiger partial charge in [-0.3, -0.25) is 4.99 Å². The third-order valence-electron chi connectivity index (χ3n) is 3.19. The number of nitrogens with zero attached hydrogens (tertiary/aromatic N) is 1. The number of hydrogen-bond acceptors (Lipinski definition) is 3. The Bertz CT molecular complexity index is 670. The molecule has 0 bridgehead atoms. The van der Waals surface area contributed by atoms with E-state index in [1.54, 1.807) is 24.3 Å². The van der Waals surface area contributed by atoms with Crippen molar-refractivity contribution in [2.75, 3.05) is 13.1 Å². The van der Waals surface area contributed by atoms with Crippen LogP contribution in [-0.4, -0.2) is 18.9 Å². The molecule has 0 unspecified atom stereocenters. The van der Waals surface area contributed by atoms with Crippen molar-refractivity contribution in [1.29, 1.82) is 0 Å². The number of amidine groups is 1. The summed E-state index contributed by atoms with van der Waals surface area (Å²) >= 11 is 5.82. The van der Waals surface area contributed by atoms with Gasteiger partial charge in [0.1, 0.15) is 12.4 Å². The second kappa shape index (κ2) is 6.14. The molecule has 2 aromatic carbocycles. The summed E-state index contributed by atoms with van der Waals surface area (Å²) in [6.45, 7) is 1.82. The van der Waals surface area contributed by atoms with Crippen LogP contribution in [0.2, 0.25) is 5.02 Å². The molecule has 3 rings (SSSR count). The molecule has 21 heavy (non-hydrogen) atoms. The van der Waals surface area contributed by atoms with Gasteiger partial charge in [-0.2, -0.15) is 0 Å². The summed E-state index contributed by atoms with van der Waals surface area (Å²) in [7, 11) is 0. The molecule has 0 saturated carbocycles. The summed E-state index contributed by atoms with van der Waals surface area (Å²) in [5.41, 5.74) is 1.67. The molecule has 1 aliphatic heterocycles. The van der Waals surface area contributed by atoms with Gasteiger partial charge in [-0.1, -0.05) is 23.7 Å². The van der Waals surface area contributed by atoms with E-state index >= 15 is 0 Å². The van der Waals surface area contributed by atoms with Gasteiger partial charge in [0.05, 0.1) is 6.54 Å². The lowest BCUT2D eigenvalue weighted by Crippen LogP contribution is -2.19. The molecule has 1 heterocycles. The van der Waals surface area contributed by atoms with Gasteiger partial charge in [-0.15, -0.1) is 0 Å². The lowest BCUT2D eigenvalue weighted by Gasteiger charge is -2.09. The van der Waals surface area contributed by atoms with Crippen molar-refractivity contribution in [1.82, 2.24) is 5.32 Å². The van der Waals surface area contributed by atoms with Crippen LogP contribution in [-0.2, 0) is 6.61 Å². The quantitative estimate of drug-likeness (QED) is 0.939. The van der Waals surface area contributed by atoms with Crippen LogP contribution in [0.3, 0.4) is 0 Å². The van der Waals surface area contributed by atoms with Crippen LogP contribution in [0.1, 0.15) is 11.1 Å². The molecule has 0 amide bonds. The maximum absolute atomic E-state index is 14.0. The predicted molar refractivity (Wildman–Crippen MR) is 81.6 cm³/mol. The van der Waals surface area contributed by atoms with Gasteiger partial charge >= 0.3 is 0 Å². The Morgan fingerprint density at radius 2 is 2.00 bits per heavy atom. The Balaban J connectivity index is 1.69. The number of aliphatic imine (C=N–C) groups is 1. The maximum Gasteiger partial charge on any atom is 0.165 e. The monoisotopic (exact) mass is 304 g/mol. The van der Waals surface area contributed by atoms with Crippen LogP contribution in [0.15, 0.2) is 47.5 Å². The summed E-state index contributed by atoms with van der Waals surface area (Å²) in [6, 6.07) is 12.1. The summed E-state index contributed by atoms with van der Waals surface area (Å²) in [5.74, 6) is 0.573. The lowest BCUT2D eigenvalue weighted by molar-refractivity contribution is 0.290. The first-order valence-corrected chi connectivity index (χ1v) is 7.06. The van der Waals surface area contributed by atoms with Crippen LogP contribution in [0.5, 0.6) is 5.75 Å². The first-order valence-electron chi connectivity index (χ1n) is 6.68. The van der Waals surface area contributed by atoms with E-state index in [0.717, 1.165) is 30.1 Å². The van der Waals surface area contributed by atoms with Crippen LogP contribution in [0.4, 0.5) is 4.39 Å². The maximum atomic E-state index is 14.0. The van der Waals surface area contributed by atoms with Crippen LogP contribution < -0.4 is 10.1 Å². The Labute approximate surface area is 127 Å². The average Bonchev–Trinajstić information content (AvgIpc) is 3.02. The largest absolute Gasteiger partial charge is 0.486 e. The minimum absolute atomic E-state index is 0.229. The minimum atomic E-state index is -0.391. The zero-order chi connectivity index (χ0) is 14.7. The Hall–Kier alpha value is -2.07. The molecule has 0 fully saturated rings. The van der Waals surface area contributed by atoms with Crippen molar-refractivity contribution in [2.45, 2.75) is 6.61 Å². The molecule has 1 aliphatic rings. The Kier molecular flexibility index (Phi) is 4.06. The molecule has 0 aromatic heterocycles. The van der Waals surface area contributed by atoms with E-state index < -0.39 is 5.82 Å². The normalized spacial score (nSPS) is 13.7. The van der Waals surface area contributed by atoms with Gasteiger partial charge in [0.2, 0.25) is 0 Å². The van der Waals surface area contributed by atoms with Gasteiger partial charge in [0.15, 0.2) is 11.6 Å². The van der Waals surface area contributed by atoms with E-state index in [9.17, 15) is 4.39 Å². The van der Waals surface area contributed by atoms with E-state index in [4.69, 9.17) is 16.3 Å². The topological polar surface area (TPSA) is 33.6 Å². The number of ether oxygens (including phenoxy) is 1. The molecule has 0 saturated heterocycles. The SMILES string of the molecule is Fc1cc(C2=NCCN2)ccc1OCc1ccc(Cl)cc1. The first-order chi connectivity index (χ1) is 10.2. The van der Waals surface area contributed by atoms with E-state index in [0.29, 0.717) is 11.6 Å². The molecule has 0 aliphatic carbocycles. The van der Waals surface area contributed by atoms with Gasteiger partial charge < -0.3 is 10.1 Å². The number of nitrogens with one attached hydrogen (secondary N) is 1. The van der Waals surface area contributed by atoms with E-state index in [1.807, 2.05) is 12.1 Å². The molecule has 2 aromatic rings. The molecule has 5 heteroatoms. The highest BCUT2D eigenvalue weighted by molar-refractivity contribution is 6.30. The molecule has 0 spiro atoms. The second-order valence-corrected chi connectivity index (χ2v) is 5.15. The van der Waals surface area contributed by atoms with Crippen LogP contribution in [0, 0.1) is 5.82 Å². The molecule has 1 N–H and O–H groups in total. The third kappa shape index (κ3) is 3.34. The fourth-order valence-electron chi connectivity index (χ4n) is 2.10. The number of halogens is 2. The predicted octanol–water partition coefficient (Wildman–Crippen LogP) is 3.41. The number of benzene rings is 2. The van der Waals surface area contributed by atoms with Gasteiger partial charge in [-0.05, 0) is 35.9 Å². The summed E-state index contributed by atoms with van der Waals surface area (Å²) in [5, 5.41) is 3.78. The summed E-state index contributed by atoms with van der Waals surface area (Å²) < 4.78 is 19.5. The molecule has 0 atom stereocenters. The number of hydrogen-bond donors (Lipinski definition) is 1. The Morgan fingerprint density at radius 3 is 2.67 bits per heavy atom. The van der Waals surface area contributed by atoms with E-state index in [1.165, 1.54) is 6.07 Å². The fourth-order valence-corrected chi connectivity index (χ4v) is 2.22. The van der Waals surface area contributed by atoms with Crippen molar-refractivity contribution < 1.29 is 9.13 Å². The second-order valence-electron chi connectivity index (χ2n) is 4.72. The van der Waals surface area contributed by atoms with Crippen molar-refractivity contribution in [2.24, 2.45) is 4.99 Å². The van der Waals surface area contributed by atoms with E-state index in [2.05, 4.69) is 10.3 Å². The highest BCUT2D eigenvalue weighted by Crippen LogP contribution is 2.20. The highest BCUT2D eigenvalue weighted by Gasteiger charge is 2.11. The van der Waals surface area contributed by atoms with Gasteiger partial charge in [0, 0.05) is 17.1 Å².